The molecule has 0 saturated carbocycles. The molecule has 31 heavy (non-hydrogen) atoms. The Kier molecular flexibility index (Phi) is 5.76. The van der Waals surface area contributed by atoms with Crippen LogP contribution in [0.1, 0.15) is 61.5 Å². The summed E-state index contributed by atoms with van der Waals surface area (Å²) in [5, 5.41) is 6.93. The Hall–Kier alpha value is -2.85. The van der Waals surface area contributed by atoms with Crippen LogP contribution in [0.25, 0.3) is 10.8 Å². The minimum atomic E-state index is -0.247. The van der Waals surface area contributed by atoms with Crippen molar-refractivity contribution < 1.29 is 4.79 Å². The molecule has 0 spiro atoms. The van der Waals surface area contributed by atoms with Gasteiger partial charge in [-0.05, 0) is 73.7 Å². The van der Waals surface area contributed by atoms with E-state index >= 15 is 0 Å². The molecule has 0 saturated heterocycles. The number of carbonyl (C=O) groups excluding carboxylic acids is 1. The van der Waals surface area contributed by atoms with Gasteiger partial charge in [0.1, 0.15) is 0 Å². The number of benzene rings is 3. The quantitative estimate of drug-likeness (QED) is 0.383. The van der Waals surface area contributed by atoms with Crippen molar-refractivity contribution in [2.75, 3.05) is 11.4 Å². The zero-order valence-corrected chi connectivity index (χ0v) is 19.2. The molecule has 3 aromatic carbocycles. The van der Waals surface area contributed by atoms with Crippen molar-refractivity contribution in [3.05, 3.63) is 76.3 Å². The number of amides is 1. The molecule has 0 aromatic heterocycles. The predicted molar refractivity (Wildman–Crippen MR) is 131 cm³/mol. The maximum atomic E-state index is 12.5. The van der Waals surface area contributed by atoms with Crippen LogP contribution in [-0.2, 0) is 0 Å². The van der Waals surface area contributed by atoms with Gasteiger partial charge >= 0.3 is 0 Å². The zero-order valence-electron chi connectivity index (χ0n) is 18.4. The monoisotopic (exact) mass is 433 g/mol. The average Bonchev–Trinajstić information content (AvgIpc) is 2.73. The lowest BCUT2D eigenvalue weighted by atomic mass is 9.79. The zero-order chi connectivity index (χ0) is 22.2. The van der Waals surface area contributed by atoms with Gasteiger partial charge < -0.3 is 4.90 Å². The number of nitrogens with zero attached hydrogens (tertiary/aromatic N) is 2. The molecule has 1 heterocycles. The molecule has 4 nitrogen and oxygen atoms in total. The second kappa shape index (κ2) is 8.35. The van der Waals surface area contributed by atoms with E-state index in [1.165, 1.54) is 11.3 Å². The Morgan fingerprint density at radius 1 is 1.19 bits per heavy atom. The highest BCUT2D eigenvalue weighted by molar-refractivity contribution is 6.33. The van der Waals surface area contributed by atoms with Gasteiger partial charge in [0.2, 0.25) is 0 Å². The maximum absolute atomic E-state index is 12.5. The van der Waals surface area contributed by atoms with Gasteiger partial charge in [-0.3, -0.25) is 4.79 Å². The second-order valence-electron chi connectivity index (χ2n) is 8.86. The number of fused-ring (bicyclic) bond motifs is 2. The van der Waals surface area contributed by atoms with E-state index in [-0.39, 0.29) is 11.4 Å². The largest absolute Gasteiger partial charge is 0.366 e. The number of hydrazone groups is 1. The molecule has 0 bridgehead atoms. The van der Waals surface area contributed by atoms with Crippen LogP contribution in [0.3, 0.4) is 0 Å². The van der Waals surface area contributed by atoms with Gasteiger partial charge in [0.05, 0.1) is 11.2 Å². The van der Waals surface area contributed by atoms with Crippen molar-refractivity contribution >= 4 is 40.2 Å². The maximum Gasteiger partial charge on any atom is 0.271 e. The first-order chi connectivity index (χ1) is 14.8. The van der Waals surface area contributed by atoms with Crippen LogP contribution in [0.2, 0.25) is 5.02 Å². The van der Waals surface area contributed by atoms with Gasteiger partial charge in [0, 0.05) is 28.9 Å². The summed E-state index contributed by atoms with van der Waals surface area (Å²) < 4.78 is 0. The minimum absolute atomic E-state index is 0.0912. The minimum Gasteiger partial charge on any atom is -0.366 e. The molecule has 0 aliphatic carbocycles. The Morgan fingerprint density at radius 2 is 1.94 bits per heavy atom. The van der Waals surface area contributed by atoms with Gasteiger partial charge in [0.15, 0.2) is 0 Å². The first-order valence-corrected chi connectivity index (χ1v) is 11.1. The van der Waals surface area contributed by atoms with Gasteiger partial charge in [-0.2, -0.15) is 5.10 Å². The van der Waals surface area contributed by atoms with E-state index in [1.807, 2.05) is 48.5 Å². The number of hydrogen-bond donors (Lipinski definition) is 1. The van der Waals surface area contributed by atoms with Crippen molar-refractivity contribution in [1.29, 1.82) is 0 Å². The molecule has 5 heteroatoms. The number of carbonyl (C=O) groups is 1. The molecule has 1 unspecified atom stereocenters. The summed E-state index contributed by atoms with van der Waals surface area (Å²) in [6, 6.07) is 17.7. The lowest BCUT2D eigenvalue weighted by molar-refractivity contribution is 0.0955. The van der Waals surface area contributed by atoms with E-state index in [0.29, 0.717) is 16.5 Å². The summed E-state index contributed by atoms with van der Waals surface area (Å²) in [4.78, 5) is 15.0. The molecule has 1 amide bonds. The number of nitrogens with one attached hydrogen (secondary N) is 1. The third kappa shape index (κ3) is 4.17. The summed E-state index contributed by atoms with van der Waals surface area (Å²) in [5.41, 5.74) is 6.55. The Bertz CT molecular complexity index is 1170. The van der Waals surface area contributed by atoms with Crippen LogP contribution >= 0.6 is 11.6 Å². The van der Waals surface area contributed by atoms with Crippen molar-refractivity contribution in [3.63, 3.8) is 0 Å². The molecule has 0 fully saturated rings. The number of anilines is 1. The van der Waals surface area contributed by atoms with Gasteiger partial charge in [-0.1, -0.05) is 48.9 Å². The molecule has 1 N–H and O–H groups in total. The van der Waals surface area contributed by atoms with Crippen LogP contribution in [-0.4, -0.2) is 24.2 Å². The highest BCUT2D eigenvalue weighted by Gasteiger charge is 2.35. The van der Waals surface area contributed by atoms with Crippen molar-refractivity contribution in [1.82, 2.24) is 5.43 Å². The van der Waals surface area contributed by atoms with Crippen LogP contribution in [0, 0.1) is 0 Å². The smallest absolute Gasteiger partial charge is 0.271 e. The lowest BCUT2D eigenvalue weighted by Crippen LogP contribution is -2.48. The summed E-state index contributed by atoms with van der Waals surface area (Å²) in [6.07, 6.45) is 2.70. The fraction of sp³-hybridized carbons (Fsp3) is 0.308. The van der Waals surface area contributed by atoms with E-state index in [2.05, 4.69) is 49.2 Å². The average molecular weight is 434 g/mol. The molecule has 4 rings (SSSR count). The van der Waals surface area contributed by atoms with Gasteiger partial charge in [-0.15, -0.1) is 0 Å². The van der Waals surface area contributed by atoms with E-state index in [4.69, 9.17) is 11.6 Å². The fourth-order valence-electron chi connectivity index (χ4n) is 4.77. The molecule has 1 aliphatic heterocycles. The summed E-state index contributed by atoms with van der Waals surface area (Å²) >= 11 is 6.59. The second-order valence-corrected chi connectivity index (χ2v) is 9.26. The molecule has 160 valence electrons. The van der Waals surface area contributed by atoms with Crippen molar-refractivity contribution in [2.45, 2.75) is 45.6 Å². The molecule has 1 atom stereocenters. The molecular formula is C26H28ClN3O. The third-order valence-electron chi connectivity index (χ3n) is 6.20. The van der Waals surface area contributed by atoms with Gasteiger partial charge in [0.25, 0.3) is 5.91 Å². The summed E-state index contributed by atoms with van der Waals surface area (Å²) in [5.74, 6) is 0.174. The SMILES string of the molecule is CCN1c2cc(Cl)c(/C=N\NC(=O)c3ccc4ccccc4c3)cc2C(C)CC1(C)C. The third-order valence-corrected chi connectivity index (χ3v) is 6.53. The van der Waals surface area contributed by atoms with Crippen molar-refractivity contribution in [3.8, 4) is 0 Å². The molecule has 0 radical (unpaired) electrons. The first-order valence-electron chi connectivity index (χ1n) is 10.7. The highest BCUT2D eigenvalue weighted by Crippen LogP contribution is 2.44. The fourth-order valence-corrected chi connectivity index (χ4v) is 4.98. The Morgan fingerprint density at radius 3 is 2.68 bits per heavy atom. The Labute approximate surface area is 188 Å². The number of hydrogen-bond acceptors (Lipinski definition) is 3. The lowest BCUT2D eigenvalue weighted by Gasteiger charge is -2.47. The van der Waals surface area contributed by atoms with E-state index in [1.54, 1.807) is 6.21 Å². The van der Waals surface area contributed by atoms with E-state index in [0.717, 1.165) is 29.3 Å². The standard InChI is InChI=1S/C26H28ClN3O/c1-5-30-24-14-23(27)21(13-22(24)17(2)15-26(30,3)4)16-28-29-25(31)20-11-10-18-8-6-7-9-19(18)12-20/h6-14,16-17H,5,15H2,1-4H3,(H,29,31)/b28-16-. The van der Waals surface area contributed by atoms with Crippen LogP contribution in [0.15, 0.2) is 59.7 Å². The van der Waals surface area contributed by atoms with Crippen molar-refractivity contribution in [2.24, 2.45) is 5.10 Å². The first kappa shape index (κ1) is 21.4. The molecular weight excluding hydrogens is 406 g/mol. The summed E-state index contributed by atoms with van der Waals surface area (Å²) in [7, 11) is 0. The van der Waals surface area contributed by atoms with Crippen LogP contribution in [0.4, 0.5) is 5.69 Å². The van der Waals surface area contributed by atoms with Crippen LogP contribution < -0.4 is 10.3 Å². The topological polar surface area (TPSA) is 44.7 Å². The van der Waals surface area contributed by atoms with Gasteiger partial charge in [-0.25, -0.2) is 5.43 Å². The molecule has 3 aromatic rings. The highest BCUT2D eigenvalue weighted by atomic mass is 35.5. The van der Waals surface area contributed by atoms with E-state index in [9.17, 15) is 4.79 Å². The normalized spacial score (nSPS) is 17.7. The predicted octanol–water partition coefficient (Wildman–Crippen LogP) is 6.37. The van der Waals surface area contributed by atoms with E-state index < -0.39 is 0 Å². The summed E-state index contributed by atoms with van der Waals surface area (Å²) in [6.45, 7) is 9.92. The number of rotatable bonds is 4. The van der Waals surface area contributed by atoms with Crippen LogP contribution in [0.5, 0.6) is 0 Å². The number of halogens is 1. The Balaban J connectivity index is 1.55. The molecule has 1 aliphatic rings.